The summed E-state index contributed by atoms with van der Waals surface area (Å²) in [6, 6.07) is 0. The number of ether oxygens (including phenoxy) is 2. The van der Waals surface area contributed by atoms with Crippen LogP contribution < -0.4 is 0 Å². The van der Waals surface area contributed by atoms with E-state index >= 15 is 0 Å². The van der Waals surface area contributed by atoms with E-state index in [1.165, 1.54) is 0 Å². The summed E-state index contributed by atoms with van der Waals surface area (Å²) < 4.78 is 10.3. The highest BCUT2D eigenvalue weighted by atomic mass is 16.6. The molecular weight excluding hydrogens is 168 g/mol. The number of rotatable bonds is 7. The van der Waals surface area contributed by atoms with E-state index in [4.69, 9.17) is 9.47 Å². The summed E-state index contributed by atoms with van der Waals surface area (Å²) in [5.74, 6) is 0.206. The van der Waals surface area contributed by atoms with Crippen LogP contribution in [-0.2, 0) is 9.47 Å². The average Bonchev–Trinajstić information content (AvgIpc) is 2.15. The van der Waals surface area contributed by atoms with E-state index in [0.717, 1.165) is 12.8 Å². The molecule has 0 aliphatic carbocycles. The molecule has 0 saturated heterocycles. The summed E-state index contributed by atoms with van der Waals surface area (Å²) in [4.78, 5) is 0. The second-order valence-electron chi connectivity index (χ2n) is 3.48. The molecule has 3 nitrogen and oxygen atoms in total. The van der Waals surface area contributed by atoms with Crippen LogP contribution in [0.25, 0.3) is 0 Å². The van der Waals surface area contributed by atoms with Crippen molar-refractivity contribution in [3.05, 3.63) is 0 Å². The van der Waals surface area contributed by atoms with Gasteiger partial charge in [-0.3, -0.25) is 0 Å². The van der Waals surface area contributed by atoms with Crippen molar-refractivity contribution >= 4 is 0 Å². The van der Waals surface area contributed by atoms with Crippen molar-refractivity contribution in [2.45, 2.75) is 46.0 Å². The van der Waals surface area contributed by atoms with E-state index < -0.39 is 6.29 Å². The van der Waals surface area contributed by atoms with Gasteiger partial charge in [-0.15, -0.1) is 0 Å². The maximum absolute atomic E-state index is 9.44. The third-order valence-electron chi connectivity index (χ3n) is 2.35. The van der Waals surface area contributed by atoms with E-state index in [9.17, 15) is 5.11 Å². The standard InChI is InChI=1S/C10H22O3/c1-5-8(2)10(11)13-7-6-9(3)12-4/h8-11H,5-7H2,1-4H3. The van der Waals surface area contributed by atoms with Crippen LogP contribution in [0.2, 0.25) is 0 Å². The Morgan fingerprint density at radius 3 is 2.38 bits per heavy atom. The van der Waals surface area contributed by atoms with Crippen LogP contribution in [0.4, 0.5) is 0 Å². The van der Waals surface area contributed by atoms with Crippen LogP contribution in [0.5, 0.6) is 0 Å². The summed E-state index contributed by atoms with van der Waals surface area (Å²) in [5.41, 5.74) is 0. The molecule has 0 amide bonds. The second-order valence-corrected chi connectivity index (χ2v) is 3.48. The molecule has 0 aromatic rings. The molecule has 3 atom stereocenters. The zero-order valence-electron chi connectivity index (χ0n) is 9.12. The first kappa shape index (κ1) is 12.9. The Kier molecular flexibility index (Phi) is 7.23. The summed E-state index contributed by atoms with van der Waals surface area (Å²) >= 11 is 0. The van der Waals surface area contributed by atoms with Crippen LogP contribution in [0.15, 0.2) is 0 Å². The Balaban J connectivity index is 3.41. The molecular formula is C10H22O3. The van der Waals surface area contributed by atoms with Crippen molar-refractivity contribution in [3.63, 3.8) is 0 Å². The van der Waals surface area contributed by atoms with Gasteiger partial charge in [0.15, 0.2) is 6.29 Å². The maximum atomic E-state index is 9.44. The van der Waals surface area contributed by atoms with Gasteiger partial charge in [-0.2, -0.15) is 0 Å². The Labute approximate surface area is 81.0 Å². The predicted molar refractivity (Wildman–Crippen MR) is 52.5 cm³/mol. The van der Waals surface area contributed by atoms with Crippen LogP contribution in [0.3, 0.4) is 0 Å². The van der Waals surface area contributed by atoms with Gasteiger partial charge in [-0.25, -0.2) is 0 Å². The maximum Gasteiger partial charge on any atom is 0.157 e. The third kappa shape index (κ3) is 6.02. The first-order valence-electron chi connectivity index (χ1n) is 4.94. The van der Waals surface area contributed by atoms with Crippen molar-refractivity contribution in [1.82, 2.24) is 0 Å². The van der Waals surface area contributed by atoms with Gasteiger partial charge in [0.05, 0.1) is 12.7 Å². The van der Waals surface area contributed by atoms with Gasteiger partial charge in [-0.05, 0) is 19.8 Å². The molecule has 0 bridgehead atoms. The Hall–Kier alpha value is -0.120. The van der Waals surface area contributed by atoms with Crippen LogP contribution in [0, 0.1) is 5.92 Å². The monoisotopic (exact) mass is 190 g/mol. The average molecular weight is 190 g/mol. The molecule has 1 N–H and O–H groups in total. The lowest BCUT2D eigenvalue weighted by atomic mass is 10.1. The van der Waals surface area contributed by atoms with Gasteiger partial charge in [0.1, 0.15) is 0 Å². The Morgan fingerprint density at radius 2 is 1.92 bits per heavy atom. The molecule has 0 aliphatic heterocycles. The van der Waals surface area contributed by atoms with Crippen LogP contribution >= 0.6 is 0 Å². The van der Waals surface area contributed by atoms with E-state index in [2.05, 4.69) is 0 Å². The molecule has 13 heavy (non-hydrogen) atoms. The zero-order valence-corrected chi connectivity index (χ0v) is 9.12. The fourth-order valence-corrected chi connectivity index (χ4v) is 0.839. The second kappa shape index (κ2) is 7.30. The summed E-state index contributed by atoms with van der Waals surface area (Å²) in [7, 11) is 1.68. The molecule has 0 saturated carbocycles. The van der Waals surface area contributed by atoms with Crippen molar-refractivity contribution in [3.8, 4) is 0 Å². The minimum atomic E-state index is -0.631. The molecule has 0 aliphatic rings. The minimum absolute atomic E-state index is 0.198. The highest BCUT2D eigenvalue weighted by Gasteiger charge is 2.12. The first-order valence-corrected chi connectivity index (χ1v) is 4.94. The molecule has 80 valence electrons. The van der Waals surface area contributed by atoms with Gasteiger partial charge in [0, 0.05) is 13.0 Å². The highest BCUT2D eigenvalue weighted by molar-refractivity contribution is 4.54. The number of methoxy groups -OCH3 is 1. The summed E-state index contributed by atoms with van der Waals surface area (Å²) in [6.45, 7) is 6.55. The van der Waals surface area contributed by atoms with E-state index in [1.54, 1.807) is 7.11 Å². The SMILES string of the molecule is CCC(C)C(O)OCCC(C)OC. The topological polar surface area (TPSA) is 38.7 Å². The number of hydrogen-bond acceptors (Lipinski definition) is 3. The number of aliphatic hydroxyl groups is 1. The van der Waals surface area contributed by atoms with Gasteiger partial charge in [-0.1, -0.05) is 13.8 Å². The molecule has 3 unspecified atom stereocenters. The number of aliphatic hydroxyl groups excluding tert-OH is 1. The van der Waals surface area contributed by atoms with Gasteiger partial charge >= 0.3 is 0 Å². The Morgan fingerprint density at radius 1 is 1.31 bits per heavy atom. The lowest BCUT2D eigenvalue weighted by Crippen LogP contribution is -2.22. The first-order chi connectivity index (χ1) is 6.11. The van der Waals surface area contributed by atoms with Crippen molar-refractivity contribution in [2.75, 3.05) is 13.7 Å². The largest absolute Gasteiger partial charge is 0.382 e. The lowest BCUT2D eigenvalue weighted by Gasteiger charge is -2.18. The van der Waals surface area contributed by atoms with Crippen molar-refractivity contribution in [1.29, 1.82) is 0 Å². The van der Waals surface area contributed by atoms with Gasteiger partial charge < -0.3 is 14.6 Å². The smallest absolute Gasteiger partial charge is 0.157 e. The zero-order chi connectivity index (χ0) is 10.3. The predicted octanol–water partition coefficient (Wildman–Crippen LogP) is 1.79. The fraction of sp³-hybridized carbons (Fsp3) is 1.00. The molecule has 0 rings (SSSR count). The molecule has 0 aromatic heterocycles. The quantitative estimate of drug-likeness (QED) is 0.622. The highest BCUT2D eigenvalue weighted by Crippen LogP contribution is 2.09. The summed E-state index contributed by atoms with van der Waals surface area (Å²) in [6.07, 6.45) is 1.32. The molecule has 0 heterocycles. The van der Waals surface area contributed by atoms with E-state index in [-0.39, 0.29) is 12.0 Å². The molecule has 0 aromatic carbocycles. The summed E-state index contributed by atoms with van der Waals surface area (Å²) in [5, 5.41) is 9.44. The molecule has 3 heteroatoms. The Bertz CT molecular complexity index is 117. The van der Waals surface area contributed by atoms with Gasteiger partial charge in [0.2, 0.25) is 0 Å². The van der Waals surface area contributed by atoms with Crippen LogP contribution in [-0.4, -0.2) is 31.2 Å². The van der Waals surface area contributed by atoms with E-state index in [0.29, 0.717) is 6.61 Å². The minimum Gasteiger partial charge on any atom is -0.382 e. The lowest BCUT2D eigenvalue weighted by molar-refractivity contribution is -0.135. The van der Waals surface area contributed by atoms with Gasteiger partial charge in [0.25, 0.3) is 0 Å². The fourth-order valence-electron chi connectivity index (χ4n) is 0.839. The van der Waals surface area contributed by atoms with Crippen molar-refractivity contribution < 1.29 is 14.6 Å². The number of hydrogen-bond donors (Lipinski definition) is 1. The molecule has 0 spiro atoms. The third-order valence-corrected chi connectivity index (χ3v) is 2.35. The van der Waals surface area contributed by atoms with E-state index in [1.807, 2.05) is 20.8 Å². The molecule has 0 radical (unpaired) electrons. The molecule has 0 fully saturated rings. The van der Waals surface area contributed by atoms with Crippen LogP contribution in [0.1, 0.15) is 33.6 Å². The normalized spacial score (nSPS) is 18.2. The van der Waals surface area contributed by atoms with Crippen molar-refractivity contribution in [2.24, 2.45) is 5.92 Å².